The maximum Gasteiger partial charge on any atom is 0.416 e. The third-order valence-electron chi connectivity index (χ3n) is 6.25. The van der Waals surface area contributed by atoms with Gasteiger partial charge < -0.3 is 14.4 Å². The number of aromatic nitrogens is 2. The summed E-state index contributed by atoms with van der Waals surface area (Å²) in [5.41, 5.74) is -0.473. The molecule has 41 heavy (non-hydrogen) atoms. The van der Waals surface area contributed by atoms with Gasteiger partial charge in [-0.15, -0.1) is 0 Å². The quantitative estimate of drug-likeness (QED) is 0.241. The molecule has 0 N–H and O–H groups in total. The van der Waals surface area contributed by atoms with Gasteiger partial charge in [0.2, 0.25) is 0 Å². The van der Waals surface area contributed by atoms with Gasteiger partial charge in [0.15, 0.2) is 12.4 Å². The summed E-state index contributed by atoms with van der Waals surface area (Å²) in [4.78, 5) is 32.0. The molecule has 0 radical (unpaired) electrons. The van der Waals surface area contributed by atoms with Gasteiger partial charge in [0.1, 0.15) is 5.75 Å². The summed E-state index contributed by atoms with van der Waals surface area (Å²) in [6, 6.07) is 14.5. The van der Waals surface area contributed by atoms with Gasteiger partial charge in [0.25, 0.3) is 11.5 Å². The third kappa shape index (κ3) is 6.52. The fraction of sp³-hybridized carbons (Fsp3) is 0.214. The van der Waals surface area contributed by atoms with Crippen LogP contribution in [0.3, 0.4) is 0 Å². The molecule has 1 fully saturated rings. The number of amides is 1. The smallest absolute Gasteiger partial charge is 0.416 e. The molecule has 0 aliphatic carbocycles. The summed E-state index contributed by atoms with van der Waals surface area (Å²) in [5.74, 6) is 0.191. The Hall–Kier alpha value is -3.55. The number of carbonyl (C=O) groups is 1. The molecule has 1 saturated heterocycles. The van der Waals surface area contributed by atoms with Crippen molar-refractivity contribution in [1.82, 2.24) is 14.6 Å². The van der Waals surface area contributed by atoms with Gasteiger partial charge in [-0.25, -0.2) is 4.98 Å². The highest BCUT2D eigenvalue weighted by molar-refractivity contribution is 9.11. The van der Waals surface area contributed by atoms with Crippen molar-refractivity contribution >= 4 is 54.9 Å². The number of rotatable bonds is 6. The molecule has 0 spiro atoms. The van der Waals surface area contributed by atoms with E-state index in [1.807, 2.05) is 0 Å². The van der Waals surface area contributed by atoms with E-state index in [1.165, 1.54) is 18.3 Å². The van der Waals surface area contributed by atoms with Crippen LogP contribution in [0.25, 0.3) is 22.3 Å². The van der Waals surface area contributed by atoms with Crippen LogP contribution in [0.4, 0.5) is 13.2 Å². The minimum Gasteiger partial charge on any atom is -0.481 e. The van der Waals surface area contributed by atoms with Crippen molar-refractivity contribution in [1.29, 1.82) is 0 Å². The van der Waals surface area contributed by atoms with Gasteiger partial charge >= 0.3 is 6.18 Å². The highest BCUT2D eigenvalue weighted by atomic mass is 79.9. The first-order valence-corrected chi connectivity index (χ1v) is 13.9. The first-order chi connectivity index (χ1) is 19.6. The van der Waals surface area contributed by atoms with Gasteiger partial charge in [-0.1, -0.05) is 24.3 Å². The Labute approximate surface area is 248 Å². The van der Waals surface area contributed by atoms with E-state index in [4.69, 9.17) is 9.47 Å². The van der Waals surface area contributed by atoms with E-state index in [9.17, 15) is 22.8 Å². The zero-order valence-corrected chi connectivity index (χ0v) is 24.4. The Morgan fingerprint density at radius 1 is 1.05 bits per heavy atom. The molecule has 212 valence electrons. The summed E-state index contributed by atoms with van der Waals surface area (Å²) in [7, 11) is 0. The molecule has 2 heterocycles. The Balaban J connectivity index is 1.47. The Bertz CT molecular complexity index is 1680. The summed E-state index contributed by atoms with van der Waals surface area (Å²) in [6.45, 7) is 1.82. The monoisotopic (exact) mass is 692 g/mol. The molecular weight excluding hydrogens is 673 g/mol. The average molecular weight is 694 g/mol. The predicted octanol–water partition coefficient (Wildman–Crippen LogP) is 5.73. The van der Waals surface area contributed by atoms with Gasteiger partial charge in [0.05, 0.1) is 44.8 Å². The predicted molar refractivity (Wildman–Crippen MR) is 154 cm³/mol. The minimum atomic E-state index is -4.57. The Morgan fingerprint density at radius 3 is 2.46 bits per heavy atom. The summed E-state index contributed by atoms with van der Waals surface area (Å²) in [6.07, 6.45) is -3.19. The highest BCUT2D eigenvalue weighted by Crippen LogP contribution is 2.35. The normalized spacial score (nSPS) is 14.1. The van der Waals surface area contributed by atoms with E-state index in [0.29, 0.717) is 52.1 Å². The molecule has 5 rings (SSSR count). The number of nitrogens with zero attached hydrogens (tertiary/aromatic N) is 4. The number of hydrogen-bond donors (Lipinski definition) is 0. The van der Waals surface area contributed by atoms with E-state index in [2.05, 4.69) is 41.9 Å². The van der Waals surface area contributed by atoms with Crippen LogP contribution in [0.15, 0.2) is 79.5 Å². The van der Waals surface area contributed by atoms with Crippen LogP contribution in [0.2, 0.25) is 0 Å². The van der Waals surface area contributed by atoms with Gasteiger partial charge in [-0.3, -0.25) is 9.59 Å². The van der Waals surface area contributed by atoms with Crippen molar-refractivity contribution in [3.05, 3.63) is 91.1 Å². The maximum absolute atomic E-state index is 13.4. The second-order valence-electron chi connectivity index (χ2n) is 8.99. The zero-order valence-electron chi connectivity index (χ0n) is 21.2. The van der Waals surface area contributed by atoms with E-state index in [-0.39, 0.29) is 29.3 Å². The van der Waals surface area contributed by atoms with Crippen LogP contribution in [-0.4, -0.2) is 59.6 Å². The second-order valence-corrected chi connectivity index (χ2v) is 10.7. The second kappa shape index (κ2) is 12.1. The molecular formula is C28H21Br2F3N4O4. The fourth-order valence-corrected chi connectivity index (χ4v) is 5.66. The first-order valence-electron chi connectivity index (χ1n) is 12.3. The number of halogens is 5. The standard InChI is InChI=1S/C28H21Br2F3N4O4/c29-21-12-17(13-22(30)25(21)41-16-24(38)36-8-10-40-11-9-36)15-34-37-26(18-4-3-5-19(14-18)28(31,32)33)35-23-7-2-1-6-20(23)27(37)39/h1-7,12-15H,8-11,16H2. The topological polar surface area (TPSA) is 86.0 Å². The van der Waals surface area contributed by atoms with Crippen LogP contribution >= 0.6 is 31.9 Å². The lowest BCUT2D eigenvalue weighted by Gasteiger charge is -2.26. The van der Waals surface area contributed by atoms with E-state index < -0.39 is 17.3 Å². The number of carbonyl (C=O) groups excluding carboxylic acids is 1. The van der Waals surface area contributed by atoms with Crippen LogP contribution < -0.4 is 10.3 Å². The molecule has 8 nitrogen and oxygen atoms in total. The largest absolute Gasteiger partial charge is 0.481 e. The van der Waals surface area contributed by atoms with E-state index in [1.54, 1.807) is 41.3 Å². The average Bonchev–Trinajstić information content (AvgIpc) is 2.96. The molecule has 1 aliphatic heterocycles. The number of hydrogen-bond acceptors (Lipinski definition) is 6. The lowest BCUT2D eigenvalue weighted by Crippen LogP contribution is -2.43. The molecule has 1 aromatic heterocycles. The van der Waals surface area contributed by atoms with Gasteiger partial charge in [0, 0.05) is 18.7 Å². The van der Waals surface area contributed by atoms with E-state index >= 15 is 0 Å². The Kier molecular flexibility index (Phi) is 8.57. The van der Waals surface area contributed by atoms with Crippen molar-refractivity contribution in [3.8, 4) is 17.1 Å². The van der Waals surface area contributed by atoms with Crippen molar-refractivity contribution in [2.75, 3.05) is 32.9 Å². The van der Waals surface area contributed by atoms with Crippen molar-refractivity contribution in [2.24, 2.45) is 5.10 Å². The number of alkyl halides is 3. The van der Waals surface area contributed by atoms with E-state index in [0.717, 1.165) is 16.8 Å². The van der Waals surface area contributed by atoms with Crippen molar-refractivity contribution < 1.29 is 27.4 Å². The first kappa shape index (κ1) is 29.0. The highest BCUT2D eigenvalue weighted by Gasteiger charge is 2.31. The molecule has 0 unspecified atom stereocenters. The summed E-state index contributed by atoms with van der Waals surface area (Å²) in [5, 5.41) is 4.58. The molecule has 0 atom stereocenters. The summed E-state index contributed by atoms with van der Waals surface area (Å²) >= 11 is 6.89. The lowest BCUT2D eigenvalue weighted by atomic mass is 10.1. The molecule has 1 amide bonds. The molecule has 1 aliphatic rings. The van der Waals surface area contributed by atoms with Crippen LogP contribution in [-0.2, 0) is 15.7 Å². The number of fused-ring (bicyclic) bond motifs is 1. The maximum atomic E-state index is 13.4. The number of benzene rings is 3. The minimum absolute atomic E-state index is 0.0456. The molecule has 3 aromatic carbocycles. The molecule has 4 aromatic rings. The van der Waals surface area contributed by atoms with Crippen LogP contribution in [0.5, 0.6) is 5.75 Å². The van der Waals surface area contributed by atoms with Crippen molar-refractivity contribution in [2.45, 2.75) is 6.18 Å². The number of para-hydroxylation sites is 1. The van der Waals surface area contributed by atoms with Crippen LogP contribution in [0.1, 0.15) is 11.1 Å². The van der Waals surface area contributed by atoms with Gasteiger partial charge in [-0.2, -0.15) is 22.9 Å². The van der Waals surface area contributed by atoms with Gasteiger partial charge in [-0.05, 0) is 73.8 Å². The molecule has 13 heteroatoms. The van der Waals surface area contributed by atoms with Crippen molar-refractivity contribution in [3.63, 3.8) is 0 Å². The summed E-state index contributed by atoms with van der Waals surface area (Å²) < 4.78 is 53.3. The SMILES string of the molecule is O=C(COc1c(Br)cc(C=Nn2c(-c3cccc(C(F)(F)F)c3)nc3ccccc3c2=O)cc1Br)N1CCOCC1. The number of ether oxygens (including phenoxy) is 2. The molecule has 0 bridgehead atoms. The van der Waals surface area contributed by atoms with Crippen LogP contribution in [0, 0.1) is 0 Å². The molecule has 0 saturated carbocycles. The zero-order chi connectivity index (χ0) is 29.1. The lowest BCUT2D eigenvalue weighted by molar-refractivity contribution is -0.138. The third-order valence-corrected chi connectivity index (χ3v) is 7.43. The Morgan fingerprint density at radius 2 is 1.76 bits per heavy atom. The fourth-order valence-electron chi connectivity index (χ4n) is 4.21. The number of morpholine rings is 1.